The lowest BCUT2D eigenvalue weighted by Gasteiger charge is -2.36. The summed E-state index contributed by atoms with van der Waals surface area (Å²) in [6.07, 6.45) is 1.92. The number of hydrogen-bond donors (Lipinski definition) is 1. The highest BCUT2D eigenvalue weighted by atomic mass is 35.5. The molecule has 0 unspecified atom stereocenters. The van der Waals surface area contributed by atoms with Crippen molar-refractivity contribution < 1.29 is 9.59 Å². The highest BCUT2D eigenvalue weighted by Crippen LogP contribution is 2.42. The number of rotatable bonds is 8. The quantitative estimate of drug-likeness (QED) is 0.208. The second-order valence-electron chi connectivity index (χ2n) is 11.6. The average Bonchev–Trinajstić information content (AvgIpc) is 3.05. The van der Waals surface area contributed by atoms with E-state index in [2.05, 4.69) is 59.3 Å². The van der Waals surface area contributed by atoms with E-state index >= 15 is 0 Å². The van der Waals surface area contributed by atoms with Gasteiger partial charge in [-0.15, -0.1) is 0 Å². The van der Waals surface area contributed by atoms with Gasteiger partial charge in [-0.2, -0.15) is 0 Å². The molecule has 0 atom stereocenters. The van der Waals surface area contributed by atoms with Crippen LogP contribution < -0.4 is 15.1 Å². The maximum Gasteiger partial charge on any atom is 0.265 e. The second kappa shape index (κ2) is 13.9. The van der Waals surface area contributed by atoms with Crippen LogP contribution in [0.3, 0.4) is 0 Å². The van der Waals surface area contributed by atoms with E-state index in [4.69, 9.17) is 11.6 Å². The van der Waals surface area contributed by atoms with Gasteiger partial charge in [-0.25, -0.2) is 0 Å². The Labute approximate surface area is 274 Å². The lowest BCUT2D eigenvalue weighted by atomic mass is 10.0. The lowest BCUT2D eigenvalue weighted by Crippen LogP contribution is -2.48. The van der Waals surface area contributed by atoms with Crippen LogP contribution in [0.5, 0.6) is 0 Å². The average molecular weight is 637 g/mol. The standard InChI is InChI=1S/C37H37ClN4O2S/c1-26-10-11-27(2)30(22-26)25-42-33-8-3-4-9-34(33)45-35(37(42)44)23-28-12-14-29(15-13-28)36(43)39-16-17-40-18-20-41(21-19-40)32-7-5-6-31(38)24-32/h3-15,22-24H,16-21,25H2,1-2H3,(H,39,43). The van der Waals surface area contributed by atoms with E-state index < -0.39 is 0 Å². The summed E-state index contributed by atoms with van der Waals surface area (Å²) in [4.78, 5) is 35.0. The zero-order valence-electron chi connectivity index (χ0n) is 25.6. The van der Waals surface area contributed by atoms with Crippen LogP contribution in [0.2, 0.25) is 5.02 Å². The molecule has 1 saturated heterocycles. The number of amides is 2. The number of fused-ring (bicyclic) bond motifs is 1. The minimum absolute atomic E-state index is 0.0187. The maximum atomic E-state index is 13.8. The van der Waals surface area contributed by atoms with Crippen molar-refractivity contribution in [1.29, 1.82) is 0 Å². The minimum atomic E-state index is -0.0940. The van der Waals surface area contributed by atoms with E-state index in [-0.39, 0.29) is 11.8 Å². The molecule has 0 radical (unpaired) electrons. The Morgan fingerprint density at radius 3 is 2.47 bits per heavy atom. The molecule has 2 aliphatic heterocycles. The zero-order valence-corrected chi connectivity index (χ0v) is 27.2. The van der Waals surface area contributed by atoms with Crippen LogP contribution in [0.4, 0.5) is 11.4 Å². The smallest absolute Gasteiger partial charge is 0.265 e. The Morgan fingerprint density at radius 2 is 1.69 bits per heavy atom. The van der Waals surface area contributed by atoms with Crippen LogP contribution in [0.15, 0.2) is 101 Å². The highest BCUT2D eigenvalue weighted by Gasteiger charge is 2.29. The van der Waals surface area contributed by atoms with Crippen molar-refractivity contribution in [3.8, 4) is 0 Å². The largest absolute Gasteiger partial charge is 0.369 e. The molecule has 2 aliphatic rings. The summed E-state index contributed by atoms with van der Waals surface area (Å²) in [6.45, 7) is 9.80. The number of carbonyl (C=O) groups is 2. The summed E-state index contributed by atoms with van der Waals surface area (Å²) < 4.78 is 0. The fourth-order valence-electron chi connectivity index (χ4n) is 5.77. The Morgan fingerprint density at radius 1 is 0.911 bits per heavy atom. The number of anilines is 2. The van der Waals surface area contributed by atoms with E-state index in [0.717, 1.165) is 65.1 Å². The third kappa shape index (κ3) is 7.44. The summed E-state index contributed by atoms with van der Waals surface area (Å²) in [5.41, 5.74) is 7.05. The fourth-order valence-corrected chi connectivity index (χ4v) is 7.02. The van der Waals surface area contributed by atoms with Gasteiger partial charge < -0.3 is 15.1 Å². The molecule has 2 amide bonds. The Balaban J connectivity index is 1.05. The molecule has 4 aromatic carbocycles. The number of carbonyl (C=O) groups excluding carboxylic acids is 2. The van der Waals surface area contributed by atoms with Crippen LogP contribution in [0.1, 0.15) is 32.6 Å². The number of halogens is 1. The molecule has 2 heterocycles. The van der Waals surface area contributed by atoms with Crippen molar-refractivity contribution in [3.05, 3.63) is 129 Å². The van der Waals surface area contributed by atoms with Gasteiger partial charge in [-0.3, -0.25) is 14.5 Å². The fraction of sp³-hybridized carbons (Fsp3) is 0.243. The molecule has 4 aromatic rings. The molecule has 230 valence electrons. The highest BCUT2D eigenvalue weighted by molar-refractivity contribution is 8.04. The Hall–Kier alpha value is -4.04. The maximum absolute atomic E-state index is 13.8. The van der Waals surface area contributed by atoms with E-state index in [1.807, 2.05) is 71.6 Å². The molecule has 0 saturated carbocycles. The number of aryl methyl sites for hydroxylation is 2. The SMILES string of the molecule is Cc1ccc(C)c(CN2C(=O)C(=Cc3ccc(C(=O)NCCN4CCN(c5cccc(Cl)c5)CC4)cc3)Sc3ccccc32)c1. The van der Waals surface area contributed by atoms with Gasteiger partial charge in [0.1, 0.15) is 0 Å². The lowest BCUT2D eigenvalue weighted by molar-refractivity contribution is -0.114. The van der Waals surface area contributed by atoms with Gasteiger partial charge in [0.2, 0.25) is 0 Å². The van der Waals surface area contributed by atoms with Crippen molar-refractivity contribution in [2.45, 2.75) is 25.3 Å². The second-order valence-corrected chi connectivity index (χ2v) is 13.1. The predicted octanol–water partition coefficient (Wildman–Crippen LogP) is 7.19. The van der Waals surface area contributed by atoms with Crippen molar-refractivity contribution in [3.63, 3.8) is 0 Å². The van der Waals surface area contributed by atoms with E-state index in [1.165, 1.54) is 22.9 Å². The number of hydrogen-bond acceptors (Lipinski definition) is 5. The van der Waals surface area contributed by atoms with Crippen LogP contribution in [-0.4, -0.2) is 56.0 Å². The van der Waals surface area contributed by atoms with Crippen LogP contribution in [0, 0.1) is 13.8 Å². The van der Waals surface area contributed by atoms with Crippen molar-refractivity contribution >= 4 is 52.6 Å². The molecule has 1 fully saturated rings. The first-order valence-electron chi connectivity index (χ1n) is 15.3. The molecular weight excluding hydrogens is 600 g/mol. The number of para-hydroxylation sites is 1. The van der Waals surface area contributed by atoms with E-state index in [9.17, 15) is 9.59 Å². The van der Waals surface area contributed by atoms with Crippen LogP contribution in [0.25, 0.3) is 6.08 Å². The third-order valence-electron chi connectivity index (χ3n) is 8.39. The first-order chi connectivity index (χ1) is 21.8. The number of benzene rings is 4. The molecule has 45 heavy (non-hydrogen) atoms. The van der Waals surface area contributed by atoms with Gasteiger partial charge in [0.05, 0.1) is 17.1 Å². The molecular formula is C37H37ClN4O2S. The minimum Gasteiger partial charge on any atom is -0.369 e. The summed E-state index contributed by atoms with van der Waals surface area (Å²) in [6, 6.07) is 29.8. The zero-order chi connectivity index (χ0) is 31.3. The Kier molecular flexibility index (Phi) is 9.59. The first-order valence-corrected chi connectivity index (χ1v) is 16.5. The van der Waals surface area contributed by atoms with Crippen LogP contribution in [-0.2, 0) is 11.3 Å². The normalized spacial score (nSPS) is 16.2. The van der Waals surface area contributed by atoms with Crippen molar-refractivity contribution in [2.75, 3.05) is 49.1 Å². The van der Waals surface area contributed by atoms with Gasteiger partial charge in [-0.1, -0.05) is 77.5 Å². The van der Waals surface area contributed by atoms with Crippen LogP contribution >= 0.6 is 23.4 Å². The van der Waals surface area contributed by atoms with E-state index in [1.54, 1.807) is 0 Å². The number of nitrogens with one attached hydrogen (secondary N) is 1. The molecule has 0 aromatic heterocycles. The molecule has 8 heteroatoms. The van der Waals surface area contributed by atoms with Gasteiger partial charge in [0.25, 0.3) is 11.8 Å². The summed E-state index contributed by atoms with van der Waals surface area (Å²) in [5, 5.41) is 3.82. The summed E-state index contributed by atoms with van der Waals surface area (Å²) >= 11 is 7.65. The first kappa shape index (κ1) is 31.0. The molecule has 0 bridgehead atoms. The van der Waals surface area contributed by atoms with Gasteiger partial charge in [0, 0.05) is 60.4 Å². The van der Waals surface area contributed by atoms with Gasteiger partial charge >= 0.3 is 0 Å². The number of thioether (sulfide) groups is 1. The predicted molar refractivity (Wildman–Crippen MR) is 186 cm³/mol. The summed E-state index contributed by atoms with van der Waals surface area (Å²) in [7, 11) is 0. The number of piperazine rings is 1. The van der Waals surface area contributed by atoms with Crippen molar-refractivity contribution in [2.24, 2.45) is 0 Å². The van der Waals surface area contributed by atoms with Gasteiger partial charge in [-0.05, 0) is 79.1 Å². The molecule has 0 aliphatic carbocycles. The molecule has 6 rings (SSSR count). The van der Waals surface area contributed by atoms with Gasteiger partial charge in [0.15, 0.2) is 0 Å². The number of nitrogens with zero attached hydrogens (tertiary/aromatic N) is 3. The molecule has 0 spiro atoms. The third-order valence-corrected chi connectivity index (χ3v) is 9.71. The Bertz CT molecular complexity index is 1730. The van der Waals surface area contributed by atoms with E-state index in [0.29, 0.717) is 23.6 Å². The monoisotopic (exact) mass is 636 g/mol. The topological polar surface area (TPSA) is 55.9 Å². The summed E-state index contributed by atoms with van der Waals surface area (Å²) in [5.74, 6) is -0.113. The van der Waals surface area contributed by atoms with Crippen molar-refractivity contribution in [1.82, 2.24) is 10.2 Å². The molecule has 6 nitrogen and oxygen atoms in total. The molecule has 1 N–H and O–H groups in total.